The first-order chi connectivity index (χ1) is 15.5. The maximum absolute atomic E-state index is 13.1. The number of fused-ring (bicyclic) bond motifs is 1. The molecule has 1 aliphatic carbocycles. The number of aliphatic hydroxyl groups is 1. The number of carbonyl (C=O) groups excluding carboxylic acids is 2. The van der Waals surface area contributed by atoms with Crippen LogP contribution in [0.1, 0.15) is 61.4 Å². The lowest BCUT2D eigenvalue weighted by atomic mass is 9.89. The highest BCUT2D eigenvalue weighted by atomic mass is 16.5. The number of aryl methyl sites for hydroxylation is 2. The molecule has 2 aliphatic rings. The summed E-state index contributed by atoms with van der Waals surface area (Å²) in [6, 6.07) is 14.7. The molecule has 5 heteroatoms. The summed E-state index contributed by atoms with van der Waals surface area (Å²) >= 11 is 0. The van der Waals surface area contributed by atoms with Crippen LogP contribution in [0.5, 0.6) is 0 Å². The Balaban J connectivity index is 1.72. The molecule has 1 aliphatic heterocycles. The third-order valence-corrected chi connectivity index (χ3v) is 6.27. The number of Topliss-reactive ketones (excluding diaryl/α,β-unsaturated/α-hetero) is 1. The van der Waals surface area contributed by atoms with Gasteiger partial charge in [0.1, 0.15) is 5.76 Å². The second kappa shape index (κ2) is 9.70. The van der Waals surface area contributed by atoms with E-state index >= 15 is 0 Å². The van der Waals surface area contributed by atoms with Crippen LogP contribution in [0.4, 0.5) is 0 Å². The number of amides is 1. The molecule has 1 heterocycles. The zero-order valence-electron chi connectivity index (χ0n) is 18.8. The fourth-order valence-electron chi connectivity index (χ4n) is 4.68. The zero-order chi connectivity index (χ0) is 22.7. The minimum Gasteiger partial charge on any atom is -0.507 e. The van der Waals surface area contributed by atoms with E-state index in [0.29, 0.717) is 25.1 Å². The van der Waals surface area contributed by atoms with Crippen molar-refractivity contribution >= 4 is 17.4 Å². The van der Waals surface area contributed by atoms with E-state index in [2.05, 4.69) is 0 Å². The Hall–Kier alpha value is -2.92. The summed E-state index contributed by atoms with van der Waals surface area (Å²) in [5.74, 6) is -1.28. The molecule has 0 spiro atoms. The molecule has 2 aromatic carbocycles. The molecule has 4 rings (SSSR count). The Morgan fingerprint density at radius 3 is 2.50 bits per heavy atom. The topological polar surface area (TPSA) is 66.8 Å². The molecule has 1 N–H and O–H groups in total. The molecular formula is C27H31NO4. The lowest BCUT2D eigenvalue weighted by Crippen LogP contribution is -2.31. The van der Waals surface area contributed by atoms with Gasteiger partial charge in [0.15, 0.2) is 0 Å². The Morgan fingerprint density at radius 2 is 1.78 bits per heavy atom. The normalized spacial score (nSPS) is 20.1. The highest BCUT2D eigenvalue weighted by molar-refractivity contribution is 6.46. The van der Waals surface area contributed by atoms with Crippen LogP contribution in [0.15, 0.2) is 54.1 Å². The van der Waals surface area contributed by atoms with Gasteiger partial charge in [0, 0.05) is 18.7 Å². The summed E-state index contributed by atoms with van der Waals surface area (Å²) in [6.07, 6.45) is 5.06. The number of nitrogens with zero attached hydrogens (tertiary/aromatic N) is 1. The van der Waals surface area contributed by atoms with Crippen LogP contribution in [0.3, 0.4) is 0 Å². The van der Waals surface area contributed by atoms with E-state index in [1.165, 1.54) is 17.5 Å². The lowest BCUT2D eigenvalue weighted by molar-refractivity contribution is -0.140. The van der Waals surface area contributed by atoms with Crippen molar-refractivity contribution in [1.29, 1.82) is 0 Å². The Labute approximate surface area is 189 Å². The molecule has 0 saturated carbocycles. The number of ether oxygens (including phenoxy) is 1. The number of hydrogen-bond donors (Lipinski definition) is 1. The van der Waals surface area contributed by atoms with Gasteiger partial charge in [-0.2, -0.15) is 0 Å². The summed E-state index contributed by atoms with van der Waals surface area (Å²) in [5, 5.41) is 11.3. The van der Waals surface area contributed by atoms with Crippen LogP contribution in [0.25, 0.3) is 5.76 Å². The van der Waals surface area contributed by atoms with Gasteiger partial charge < -0.3 is 14.7 Å². The van der Waals surface area contributed by atoms with Gasteiger partial charge in [-0.1, -0.05) is 42.5 Å². The molecule has 1 saturated heterocycles. The van der Waals surface area contributed by atoms with Crippen molar-refractivity contribution in [2.24, 2.45) is 0 Å². The molecule has 32 heavy (non-hydrogen) atoms. The van der Waals surface area contributed by atoms with Crippen molar-refractivity contribution in [3.05, 3.63) is 76.4 Å². The second-order valence-corrected chi connectivity index (χ2v) is 8.87. The SMILES string of the molecule is CC(C)OCCCN1C(=O)C(=O)/C(=C(\O)c2ccc3c(c2)CCCC3)C1c1ccccc1. The minimum absolute atomic E-state index is 0.0912. The average molecular weight is 434 g/mol. The smallest absolute Gasteiger partial charge is 0.295 e. The summed E-state index contributed by atoms with van der Waals surface area (Å²) in [7, 11) is 0. The third-order valence-electron chi connectivity index (χ3n) is 6.27. The summed E-state index contributed by atoms with van der Waals surface area (Å²) in [6.45, 7) is 4.83. The largest absolute Gasteiger partial charge is 0.507 e. The fourth-order valence-corrected chi connectivity index (χ4v) is 4.68. The molecule has 1 fully saturated rings. The predicted octanol–water partition coefficient (Wildman–Crippen LogP) is 4.80. The molecule has 0 radical (unpaired) electrons. The van der Waals surface area contributed by atoms with Crippen LogP contribution in [-0.2, 0) is 27.2 Å². The Morgan fingerprint density at radius 1 is 1.06 bits per heavy atom. The highest BCUT2D eigenvalue weighted by Crippen LogP contribution is 2.39. The van der Waals surface area contributed by atoms with Crippen LogP contribution in [-0.4, -0.2) is 41.0 Å². The lowest BCUT2D eigenvalue weighted by Gasteiger charge is -2.25. The Bertz CT molecular complexity index is 1030. The van der Waals surface area contributed by atoms with E-state index < -0.39 is 17.7 Å². The molecular weight excluding hydrogens is 402 g/mol. The van der Waals surface area contributed by atoms with Gasteiger partial charge >= 0.3 is 0 Å². The maximum atomic E-state index is 13.1. The van der Waals surface area contributed by atoms with E-state index in [4.69, 9.17) is 4.74 Å². The number of aliphatic hydroxyl groups excluding tert-OH is 1. The number of benzene rings is 2. The summed E-state index contributed by atoms with van der Waals surface area (Å²) in [5.41, 5.74) is 4.11. The number of hydrogen-bond acceptors (Lipinski definition) is 4. The molecule has 1 unspecified atom stereocenters. The van der Waals surface area contributed by atoms with Crippen molar-refractivity contribution in [3.8, 4) is 0 Å². The van der Waals surface area contributed by atoms with Crippen LogP contribution in [0, 0.1) is 0 Å². The minimum atomic E-state index is -0.626. The summed E-state index contributed by atoms with van der Waals surface area (Å²) in [4.78, 5) is 27.7. The highest BCUT2D eigenvalue weighted by Gasteiger charge is 2.45. The van der Waals surface area contributed by atoms with Crippen molar-refractivity contribution in [3.63, 3.8) is 0 Å². The second-order valence-electron chi connectivity index (χ2n) is 8.87. The van der Waals surface area contributed by atoms with Gasteiger partial charge in [-0.3, -0.25) is 9.59 Å². The average Bonchev–Trinajstić information content (AvgIpc) is 3.06. The van der Waals surface area contributed by atoms with E-state index in [-0.39, 0.29) is 17.4 Å². The molecule has 0 bridgehead atoms. The van der Waals surface area contributed by atoms with Gasteiger partial charge in [0.2, 0.25) is 0 Å². The first kappa shape index (κ1) is 22.3. The number of ketones is 1. The molecule has 2 aromatic rings. The van der Waals surface area contributed by atoms with Gasteiger partial charge in [-0.05, 0) is 68.7 Å². The zero-order valence-corrected chi connectivity index (χ0v) is 18.8. The van der Waals surface area contributed by atoms with Gasteiger partial charge in [-0.25, -0.2) is 0 Å². The van der Waals surface area contributed by atoms with E-state index in [1.807, 2.05) is 62.4 Å². The van der Waals surface area contributed by atoms with Gasteiger partial charge in [0.25, 0.3) is 11.7 Å². The molecule has 5 nitrogen and oxygen atoms in total. The van der Waals surface area contributed by atoms with Crippen molar-refractivity contribution in [1.82, 2.24) is 4.90 Å². The standard InChI is InChI=1S/C27H31NO4/c1-18(2)32-16-8-15-28-24(20-10-4-3-5-11-20)23(26(30)27(28)31)25(29)22-14-13-19-9-6-7-12-21(19)17-22/h3-5,10-11,13-14,17-18,24,29H,6-9,12,15-16H2,1-2H3/b25-23-. The fraction of sp³-hybridized carbons (Fsp3) is 0.407. The molecule has 168 valence electrons. The number of carbonyl (C=O) groups is 2. The molecule has 1 amide bonds. The van der Waals surface area contributed by atoms with E-state index in [0.717, 1.165) is 24.8 Å². The first-order valence-corrected chi connectivity index (χ1v) is 11.5. The van der Waals surface area contributed by atoms with Gasteiger partial charge in [0.05, 0.1) is 17.7 Å². The monoisotopic (exact) mass is 433 g/mol. The predicted molar refractivity (Wildman–Crippen MR) is 124 cm³/mol. The number of likely N-dealkylation sites (tertiary alicyclic amines) is 1. The van der Waals surface area contributed by atoms with Crippen LogP contribution < -0.4 is 0 Å². The summed E-state index contributed by atoms with van der Waals surface area (Å²) < 4.78 is 5.62. The first-order valence-electron chi connectivity index (χ1n) is 11.5. The van der Waals surface area contributed by atoms with Crippen molar-refractivity contribution < 1.29 is 19.4 Å². The van der Waals surface area contributed by atoms with E-state index in [1.54, 1.807) is 4.90 Å². The maximum Gasteiger partial charge on any atom is 0.295 e. The van der Waals surface area contributed by atoms with E-state index in [9.17, 15) is 14.7 Å². The van der Waals surface area contributed by atoms with Crippen LogP contribution >= 0.6 is 0 Å². The third kappa shape index (κ3) is 4.49. The van der Waals surface area contributed by atoms with Crippen molar-refractivity contribution in [2.75, 3.05) is 13.2 Å². The Kier molecular flexibility index (Phi) is 6.75. The molecule has 1 atom stereocenters. The van der Waals surface area contributed by atoms with Gasteiger partial charge in [-0.15, -0.1) is 0 Å². The van der Waals surface area contributed by atoms with Crippen LogP contribution in [0.2, 0.25) is 0 Å². The quantitative estimate of drug-likeness (QED) is 0.295. The van der Waals surface area contributed by atoms with Crippen molar-refractivity contribution in [2.45, 2.75) is 58.1 Å². The number of rotatable bonds is 7. The molecule has 0 aromatic heterocycles.